The van der Waals surface area contributed by atoms with Crippen LogP contribution in [0.25, 0.3) is 9.88 Å². The normalized spacial score (nSPS) is 10.1. The molecule has 0 atom stereocenters. The molecule has 0 radical (unpaired) electrons. The van der Waals surface area contributed by atoms with E-state index < -0.39 is 0 Å². The van der Waals surface area contributed by atoms with Crippen molar-refractivity contribution < 1.29 is 0 Å². The van der Waals surface area contributed by atoms with E-state index in [1.54, 1.807) is 11.3 Å². The smallest absolute Gasteiger partial charge is 0.133 e. The average Bonchev–Trinajstić information content (AvgIpc) is 2.83. The summed E-state index contributed by atoms with van der Waals surface area (Å²) in [5.74, 6) is 0. The maximum Gasteiger partial charge on any atom is 0.133 e. The molecule has 0 aliphatic carbocycles. The molecular weight excluding hydrogens is 248 g/mol. The molecule has 2 heterocycles. The highest BCUT2D eigenvalue weighted by molar-refractivity contribution is 7.23. The number of hydrogen-bond donors (Lipinski definition) is 0. The summed E-state index contributed by atoms with van der Waals surface area (Å²) in [6, 6.07) is 5.96. The molecule has 0 saturated carbocycles. The Bertz CT molecular complexity index is 495. The number of nitriles is 1. The Morgan fingerprint density at radius 3 is 3.00 bits per heavy atom. The fourth-order valence-electron chi connectivity index (χ4n) is 1.15. The van der Waals surface area contributed by atoms with Gasteiger partial charge < -0.3 is 0 Å². The van der Waals surface area contributed by atoms with Gasteiger partial charge in [-0.25, -0.2) is 4.98 Å². The first-order valence-corrected chi connectivity index (χ1v) is 6.44. The molecule has 0 bridgehead atoms. The van der Waals surface area contributed by atoms with Crippen molar-refractivity contribution in [3.05, 3.63) is 27.5 Å². The summed E-state index contributed by atoms with van der Waals surface area (Å²) in [6.45, 7) is 0. The van der Waals surface area contributed by atoms with Crippen LogP contribution in [0.1, 0.15) is 12.1 Å². The summed E-state index contributed by atoms with van der Waals surface area (Å²) in [6.07, 6.45) is 1.25. The van der Waals surface area contributed by atoms with Crippen LogP contribution < -0.4 is 0 Å². The minimum absolute atomic E-state index is 0.522. The van der Waals surface area contributed by atoms with Gasteiger partial charge in [0, 0.05) is 18.2 Å². The Morgan fingerprint density at radius 2 is 2.33 bits per heavy atom. The van der Waals surface area contributed by atoms with Crippen LogP contribution in [0.2, 0.25) is 4.34 Å². The predicted molar refractivity (Wildman–Crippen MR) is 64.4 cm³/mol. The van der Waals surface area contributed by atoms with Crippen molar-refractivity contribution >= 4 is 34.3 Å². The standard InChI is InChI=1S/C10H7ClN2S2/c11-9-4-3-8(15-9)10-13-7(6-14-10)2-1-5-12/h3-4,6H,1-2H2. The monoisotopic (exact) mass is 254 g/mol. The van der Waals surface area contributed by atoms with Crippen molar-refractivity contribution in [1.82, 2.24) is 4.98 Å². The van der Waals surface area contributed by atoms with Crippen LogP contribution in [0.5, 0.6) is 0 Å². The number of thiophene rings is 1. The van der Waals surface area contributed by atoms with E-state index in [2.05, 4.69) is 11.1 Å². The molecule has 0 amide bonds. The van der Waals surface area contributed by atoms with Crippen LogP contribution in [0.4, 0.5) is 0 Å². The Morgan fingerprint density at radius 1 is 1.47 bits per heavy atom. The lowest BCUT2D eigenvalue weighted by molar-refractivity contribution is 0.969. The zero-order valence-electron chi connectivity index (χ0n) is 7.74. The number of thiazole rings is 1. The number of halogens is 1. The lowest BCUT2D eigenvalue weighted by Crippen LogP contribution is -1.82. The number of rotatable bonds is 3. The molecule has 2 rings (SSSR count). The van der Waals surface area contributed by atoms with Gasteiger partial charge in [-0.1, -0.05) is 11.6 Å². The molecule has 2 aromatic heterocycles. The van der Waals surface area contributed by atoms with Crippen LogP contribution in [-0.4, -0.2) is 4.98 Å². The second-order valence-electron chi connectivity index (χ2n) is 2.91. The van der Waals surface area contributed by atoms with E-state index >= 15 is 0 Å². The van der Waals surface area contributed by atoms with E-state index in [0.717, 1.165) is 26.3 Å². The second-order valence-corrected chi connectivity index (χ2v) is 5.48. The van der Waals surface area contributed by atoms with Gasteiger partial charge in [0.2, 0.25) is 0 Å². The van der Waals surface area contributed by atoms with Gasteiger partial charge in [0.1, 0.15) is 5.01 Å². The molecule has 2 aromatic rings. The molecule has 0 saturated heterocycles. The van der Waals surface area contributed by atoms with Gasteiger partial charge in [-0.2, -0.15) is 5.26 Å². The van der Waals surface area contributed by atoms with Gasteiger partial charge in [0.15, 0.2) is 0 Å². The summed E-state index contributed by atoms with van der Waals surface area (Å²) in [5.41, 5.74) is 0.987. The van der Waals surface area contributed by atoms with E-state index in [-0.39, 0.29) is 0 Å². The van der Waals surface area contributed by atoms with Crippen LogP contribution >= 0.6 is 34.3 Å². The third-order valence-electron chi connectivity index (χ3n) is 1.83. The number of aryl methyl sites for hydroxylation is 1. The number of nitrogens with zero attached hydrogens (tertiary/aromatic N) is 2. The largest absolute Gasteiger partial charge is 0.240 e. The maximum absolute atomic E-state index is 8.46. The maximum atomic E-state index is 8.46. The van der Waals surface area contributed by atoms with Crippen molar-refractivity contribution in [1.29, 1.82) is 5.26 Å². The van der Waals surface area contributed by atoms with Crippen LogP contribution in [0.3, 0.4) is 0 Å². The highest BCUT2D eigenvalue weighted by Gasteiger charge is 2.06. The number of hydrogen-bond acceptors (Lipinski definition) is 4. The summed E-state index contributed by atoms with van der Waals surface area (Å²) in [7, 11) is 0. The van der Waals surface area contributed by atoms with Crippen molar-refractivity contribution in [2.45, 2.75) is 12.8 Å². The zero-order chi connectivity index (χ0) is 10.7. The van der Waals surface area contributed by atoms with E-state index in [0.29, 0.717) is 6.42 Å². The van der Waals surface area contributed by atoms with E-state index in [1.165, 1.54) is 11.3 Å². The molecule has 2 nitrogen and oxygen atoms in total. The van der Waals surface area contributed by atoms with Crippen molar-refractivity contribution in [3.8, 4) is 16.0 Å². The summed E-state index contributed by atoms with van der Waals surface area (Å²) < 4.78 is 0.777. The first-order chi connectivity index (χ1) is 7.29. The highest BCUT2D eigenvalue weighted by Crippen LogP contribution is 2.32. The Kier molecular flexibility index (Phi) is 3.37. The molecule has 0 fully saturated rings. The van der Waals surface area contributed by atoms with Crippen molar-refractivity contribution in [2.24, 2.45) is 0 Å². The molecule has 15 heavy (non-hydrogen) atoms. The van der Waals surface area contributed by atoms with Crippen molar-refractivity contribution in [2.75, 3.05) is 0 Å². The third kappa shape index (κ3) is 2.57. The Labute approximate surface area is 101 Å². The minimum Gasteiger partial charge on any atom is -0.240 e. The molecule has 0 N–H and O–H groups in total. The minimum atomic E-state index is 0.522. The first-order valence-electron chi connectivity index (χ1n) is 4.36. The molecule has 76 valence electrons. The fourth-order valence-corrected chi connectivity index (χ4v) is 3.12. The highest BCUT2D eigenvalue weighted by atomic mass is 35.5. The Balaban J connectivity index is 2.17. The van der Waals surface area contributed by atoms with Gasteiger partial charge in [-0.3, -0.25) is 0 Å². The van der Waals surface area contributed by atoms with E-state index in [4.69, 9.17) is 16.9 Å². The van der Waals surface area contributed by atoms with Crippen LogP contribution in [0, 0.1) is 11.3 Å². The lowest BCUT2D eigenvalue weighted by Gasteiger charge is -1.88. The zero-order valence-corrected chi connectivity index (χ0v) is 10.1. The van der Waals surface area contributed by atoms with E-state index in [9.17, 15) is 0 Å². The molecule has 0 aliphatic heterocycles. The molecule has 0 spiro atoms. The topological polar surface area (TPSA) is 36.7 Å². The predicted octanol–water partition coefficient (Wildman–Crippen LogP) is 3.98. The van der Waals surface area contributed by atoms with Gasteiger partial charge in [-0.05, 0) is 12.1 Å². The molecule has 0 aliphatic rings. The molecule has 5 heteroatoms. The summed E-state index contributed by atoms with van der Waals surface area (Å²) in [5, 5.41) is 11.5. The SMILES string of the molecule is N#CCCc1csc(-c2ccc(Cl)s2)n1. The molecule has 0 aromatic carbocycles. The van der Waals surface area contributed by atoms with Crippen LogP contribution in [-0.2, 0) is 6.42 Å². The summed E-state index contributed by atoms with van der Waals surface area (Å²) in [4.78, 5) is 5.54. The second kappa shape index (κ2) is 4.75. The van der Waals surface area contributed by atoms with Crippen LogP contribution in [0.15, 0.2) is 17.5 Å². The molecular formula is C10H7ClN2S2. The fraction of sp³-hybridized carbons (Fsp3) is 0.200. The van der Waals surface area contributed by atoms with Gasteiger partial charge >= 0.3 is 0 Å². The average molecular weight is 255 g/mol. The number of aromatic nitrogens is 1. The Hall–Kier alpha value is -0.890. The lowest BCUT2D eigenvalue weighted by atomic mass is 10.3. The van der Waals surface area contributed by atoms with Gasteiger partial charge in [0.25, 0.3) is 0 Å². The molecule has 0 unspecified atom stereocenters. The van der Waals surface area contributed by atoms with E-state index in [1.807, 2.05) is 17.5 Å². The van der Waals surface area contributed by atoms with Gasteiger partial charge in [0.05, 0.1) is 21.0 Å². The van der Waals surface area contributed by atoms with Crippen molar-refractivity contribution in [3.63, 3.8) is 0 Å². The quantitative estimate of drug-likeness (QED) is 0.831. The first kappa shape index (κ1) is 10.6. The summed E-state index contributed by atoms with van der Waals surface area (Å²) >= 11 is 8.98. The van der Waals surface area contributed by atoms with Gasteiger partial charge in [-0.15, -0.1) is 22.7 Å². The third-order valence-corrected chi connectivity index (χ3v) is 4.12.